The molecule has 0 unspecified atom stereocenters. The fourth-order valence-corrected chi connectivity index (χ4v) is 2.85. The number of fused-ring (bicyclic) bond motifs is 1. The Morgan fingerprint density at radius 3 is 2.76 bits per heavy atom. The van der Waals surface area contributed by atoms with Crippen LogP contribution in [0, 0.1) is 6.92 Å². The Kier molecular flexibility index (Phi) is 3.64. The van der Waals surface area contributed by atoms with Crippen LogP contribution in [0.15, 0.2) is 41.5 Å². The number of anilines is 2. The van der Waals surface area contributed by atoms with Crippen molar-refractivity contribution in [1.29, 1.82) is 0 Å². The number of imidazole rings is 1. The van der Waals surface area contributed by atoms with E-state index < -0.39 is 0 Å². The number of nitrogens with zero attached hydrogens (tertiary/aromatic N) is 6. The summed E-state index contributed by atoms with van der Waals surface area (Å²) < 4.78 is 7.03. The normalized spacial score (nSPS) is 11.4. The van der Waals surface area contributed by atoms with E-state index in [1.807, 2.05) is 13.0 Å². The highest BCUT2D eigenvalue weighted by Gasteiger charge is 2.12. The smallest absolute Gasteiger partial charge is 0.166 e. The van der Waals surface area contributed by atoms with Gasteiger partial charge in [0, 0.05) is 18.3 Å². The number of hydrogen-bond donors (Lipinski definition) is 1. The molecule has 8 nitrogen and oxygen atoms in total. The molecule has 0 aliphatic heterocycles. The minimum Gasteiger partial charge on any atom is -0.364 e. The molecule has 0 amide bonds. The lowest BCUT2D eigenvalue weighted by Crippen LogP contribution is -2.03. The van der Waals surface area contributed by atoms with Crippen molar-refractivity contribution in [2.75, 3.05) is 5.32 Å². The van der Waals surface area contributed by atoms with Crippen LogP contribution in [0.25, 0.3) is 22.4 Å². The summed E-state index contributed by atoms with van der Waals surface area (Å²) in [5.41, 5.74) is 2.64. The summed E-state index contributed by atoms with van der Waals surface area (Å²) in [4.78, 5) is 17.7. The molecule has 4 heterocycles. The van der Waals surface area contributed by atoms with Crippen LogP contribution >= 0.6 is 0 Å². The Morgan fingerprint density at radius 1 is 1.12 bits per heavy atom. The van der Waals surface area contributed by atoms with Gasteiger partial charge in [0.1, 0.15) is 29.2 Å². The fourth-order valence-electron chi connectivity index (χ4n) is 2.85. The molecular formula is C17H17N7O. The number of aryl methyl sites for hydroxylation is 1. The lowest BCUT2D eigenvalue weighted by atomic mass is 10.3. The second-order valence-electron chi connectivity index (χ2n) is 5.98. The molecule has 0 saturated heterocycles. The first kappa shape index (κ1) is 15.3. The summed E-state index contributed by atoms with van der Waals surface area (Å²) >= 11 is 0. The number of hydrogen-bond acceptors (Lipinski definition) is 7. The second-order valence-corrected chi connectivity index (χ2v) is 5.98. The lowest BCUT2D eigenvalue weighted by molar-refractivity contribution is 0.420. The molecule has 0 bridgehead atoms. The van der Waals surface area contributed by atoms with E-state index in [0.717, 1.165) is 22.4 Å². The molecular weight excluding hydrogens is 318 g/mol. The molecule has 8 heteroatoms. The minimum absolute atomic E-state index is 0.319. The summed E-state index contributed by atoms with van der Waals surface area (Å²) in [5, 5.41) is 6.90. The van der Waals surface area contributed by atoms with Crippen molar-refractivity contribution in [2.45, 2.75) is 26.8 Å². The van der Waals surface area contributed by atoms with E-state index in [9.17, 15) is 0 Å². The Bertz CT molecular complexity index is 1020. The summed E-state index contributed by atoms with van der Waals surface area (Å²) in [5.74, 6) is 2.85. The van der Waals surface area contributed by atoms with Crippen molar-refractivity contribution in [3.8, 4) is 11.4 Å². The number of pyridine rings is 1. The van der Waals surface area contributed by atoms with Gasteiger partial charge in [-0.05, 0) is 26.8 Å². The molecule has 0 aliphatic rings. The van der Waals surface area contributed by atoms with Gasteiger partial charge in [-0.25, -0.2) is 19.9 Å². The highest BCUT2D eigenvalue weighted by molar-refractivity contribution is 5.79. The topological polar surface area (TPSA) is 94.6 Å². The van der Waals surface area contributed by atoms with Gasteiger partial charge in [0.05, 0.1) is 23.5 Å². The van der Waals surface area contributed by atoms with Crippen molar-refractivity contribution < 1.29 is 4.52 Å². The lowest BCUT2D eigenvalue weighted by Gasteiger charge is -2.11. The molecule has 25 heavy (non-hydrogen) atoms. The summed E-state index contributed by atoms with van der Waals surface area (Å²) in [6.45, 7) is 6.28. The quantitative estimate of drug-likeness (QED) is 0.610. The van der Waals surface area contributed by atoms with Crippen molar-refractivity contribution in [2.24, 2.45) is 0 Å². The van der Waals surface area contributed by atoms with Crippen LogP contribution < -0.4 is 5.32 Å². The molecule has 0 saturated carbocycles. The van der Waals surface area contributed by atoms with Gasteiger partial charge < -0.3 is 14.4 Å². The third-order valence-corrected chi connectivity index (χ3v) is 3.87. The van der Waals surface area contributed by atoms with Gasteiger partial charge in [0.2, 0.25) is 0 Å². The SMILES string of the molecule is Cc1nc2cnc(Nc3ccnc(-c4cnoc4)n3)cc2n1C(C)C. The van der Waals surface area contributed by atoms with Crippen LogP contribution in [0.4, 0.5) is 11.6 Å². The van der Waals surface area contributed by atoms with E-state index in [0.29, 0.717) is 23.5 Å². The van der Waals surface area contributed by atoms with E-state index in [2.05, 4.69) is 48.8 Å². The van der Waals surface area contributed by atoms with Crippen molar-refractivity contribution in [3.05, 3.63) is 42.8 Å². The molecule has 0 fully saturated rings. The standard InChI is InChI=1S/C17H17N7O/c1-10(2)24-11(3)21-13-8-19-16(6-14(13)24)22-15-4-5-18-17(23-15)12-7-20-25-9-12/h4-10H,1-3H3,(H,18,19,22,23). The molecule has 4 rings (SSSR count). The van der Waals surface area contributed by atoms with E-state index in [-0.39, 0.29) is 0 Å². The number of rotatable bonds is 4. The van der Waals surface area contributed by atoms with Crippen molar-refractivity contribution in [3.63, 3.8) is 0 Å². The van der Waals surface area contributed by atoms with E-state index in [1.165, 1.54) is 6.26 Å². The third-order valence-electron chi connectivity index (χ3n) is 3.87. The van der Waals surface area contributed by atoms with Gasteiger partial charge in [0.25, 0.3) is 0 Å². The molecule has 0 spiro atoms. The first-order chi connectivity index (χ1) is 12.1. The maximum atomic E-state index is 4.84. The minimum atomic E-state index is 0.319. The highest BCUT2D eigenvalue weighted by atomic mass is 16.5. The van der Waals surface area contributed by atoms with Crippen LogP contribution in [0.3, 0.4) is 0 Å². The van der Waals surface area contributed by atoms with Crippen molar-refractivity contribution in [1.82, 2.24) is 29.7 Å². The summed E-state index contributed by atoms with van der Waals surface area (Å²) in [7, 11) is 0. The van der Waals surface area contributed by atoms with Crippen LogP contribution in [-0.4, -0.2) is 29.7 Å². The predicted molar refractivity (Wildman–Crippen MR) is 93.5 cm³/mol. The Balaban J connectivity index is 1.69. The van der Waals surface area contributed by atoms with Crippen LogP contribution in [0.1, 0.15) is 25.7 Å². The van der Waals surface area contributed by atoms with E-state index in [4.69, 9.17) is 4.52 Å². The summed E-state index contributed by atoms with van der Waals surface area (Å²) in [6.07, 6.45) is 6.53. The fraction of sp³-hybridized carbons (Fsp3) is 0.235. The zero-order valence-electron chi connectivity index (χ0n) is 14.1. The molecule has 0 aromatic carbocycles. The summed E-state index contributed by atoms with van der Waals surface area (Å²) in [6, 6.07) is 4.09. The van der Waals surface area contributed by atoms with Gasteiger partial charge in [-0.2, -0.15) is 0 Å². The maximum Gasteiger partial charge on any atom is 0.166 e. The van der Waals surface area contributed by atoms with Gasteiger partial charge >= 0.3 is 0 Å². The Hall–Kier alpha value is -3.29. The Labute approximate surface area is 143 Å². The van der Waals surface area contributed by atoms with Crippen molar-refractivity contribution >= 4 is 22.7 Å². The average Bonchev–Trinajstić information content (AvgIpc) is 3.21. The highest BCUT2D eigenvalue weighted by Crippen LogP contribution is 2.24. The number of nitrogens with one attached hydrogen (secondary N) is 1. The first-order valence-electron chi connectivity index (χ1n) is 7.96. The zero-order chi connectivity index (χ0) is 17.4. The maximum absolute atomic E-state index is 4.84. The molecule has 126 valence electrons. The molecule has 4 aromatic heterocycles. The van der Waals surface area contributed by atoms with Gasteiger partial charge in [-0.15, -0.1) is 0 Å². The third kappa shape index (κ3) is 2.82. The van der Waals surface area contributed by atoms with E-state index in [1.54, 1.807) is 24.7 Å². The predicted octanol–water partition coefficient (Wildman–Crippen LogP) is 3.51. The van der Waals surface area contributed by atoms with Gasteiger partial charge in [-0.1, -0.05) is 5.16 Å². The van der Waals surface area contributed by atoms with E-state index >= 15 is 0 Å². The van der Waals surface area contributed by atoms with Crippen LogP contribution in [-0.2, 0) is 0 Å². The molecule has 0 radical (unpaired) electrons. The second kappa shape index (κ2) is 5.97. The average molecular weight is 335 g/mol. The molecule has 1 N–H and O–H groups in total. The zero-order valence-corrected chi connectivity index (χ0v) is 14.1. The molecule has 4 aromatic rings. The van der Waals surface area contributed by atoms with Gasteiger partial charge in [-0.3, -0.25) is 0 Å². The monoisotopic (exact) mass is 335 g/mol. The molecule has 0 aliphatic carbocycles. The number of aromatic nitrogens is 6. The van der Waals surface area contributed by atoms with Gasteiger partial charge in [0.15, 0.2) is 5.82 Å². The van der Waals surface area contributed by atoms with Crippen LogP contribution in [0.2, 0.25) is 0 Å². The van der Waals surface area contributed by atoms with Crippen LogP contribution in [0.5, 0.6) is 0 Å². The Morgan fingerprint density at radius 2 is 2.00 bits per heavy atom. The largest absolute Gasteiger partial charge is 0.364 e. The molecule has 0 atom stereocenters. The first-order valence-corrected chi connectivity index (χ1v) is 7.96.